The Morgan fingerprint density at radius 3 is 2.50 bits per heavy atom. The highest BCUT2D eigenvalue weighted by molar-refractivity contribution is 5.94. The highest BCUT2D eigenvalue weighted by atomic mass is 16.5. The number of hydrogen-bond donors (Lipinski definition) is 1. The van der Waals surface area contributed by atoms with Gasteiger partial charge >= 0.3 is 6.03 Å². The number of anilines is 1. The molecule has 1 aliphatic rings. The molecule has 0 saturated carbocycles. The van der Waals surface area contributed by atoms with Gasteiger partial charge in [0.05, 0.1) is 13.2 Å². The first kappa shape index (κ1) is 23.4. The summed E-state index contributed by atoms with van der Waals surface area (Å²) in [5.41, 5.74) is 4.41. The zero-order valence-corrected chi connectivity index (χ0v) is 19.7. The molecule has 0 spiro atoms. The van der Waals surface area contributed by atoms with Gasteiger partial charge in [-0.25, -0.2) is 4.79 Å². The number of benzene rings is 2. The van der Waals surface area contributed by atoms with Crippen molar-refractivity contribution in [1.29, 1.82) is 0 Å². The summed E-state index contributed by atoms with van der Waals surface area (Å²) in [5, 5.41) is 6.93. The Morgan fingerprint density at radius 2 is 1.79 bits per heavy atom. The summed E-state index contributed by atoms with van der Waals surface area (Å²) in [7, 11) is 1.72. The maximum absolute atomic E-state index is 12.6. The van der Waals surface area contributed by atoms with Crippen molar-refractivity contribution in [3.05, 3.63) is 65.0 Å². The lowest BCUT2D eigenvalue weighted by molar-refractivity contribution is 0.0303. The number of ether oxygens (including phenoxy) is 1. The summed E-state index contributed by atoms with van der Waals surface area (Å²) >= 11 is 0. The molecule has 2 aromatic carbocycles. The maximum Gasteiger partial charge on any atom is 0.321 e. The summed E-state index contributed by atoms with van der Waals surface area (Å²) in [6.07, 6.45) is 0.452. The molecule has 3 amide bonds. The second-order valence-electron chi connectivity index (χ2n) is 8.40. The fraction of sp³-hybridized carbons (Fsp3) is 0.360. The van der Waals surface area contributed by atoms with Crippen molar-refractivity contribution in [3.8, 4) is 11.5 Å². The van der Waals surface area contributed by atoms with E-state index in [0.717, 1.165) is 16.8 Å². The molecule has 34 heavy (non-hydrogen) atoms. The number of rotatable bonds is 6. The molecular formula is C25H29N5O4. The minimum absolute atomic E-state index is 0.0109. The van der Waals surface area contributed by atoms with Gasteiger partial charge in [0.2, 0.25) is 0 Å². The number of nitrogens with one attached hydrogen (secondary N) is 1. The van der Waals surface area contributed by atoms with Gasteiger partial charge in [-0.1, -0.05) is 11.2 Å². The van der Waals surface area contributed by atoms with Crippen molar-refractivity contribution >= 4 is 17.6 Å². The Labute approximate surface area is 198 Å². The average molecular weight is 464 g/mol. The van der Waals surface area contributed by atoms with Gasteiger partial charge in [-0.3, -0.25) is 4.79 Å². The van der Waals surface area contributed by atoms with Gasteiger partial charge in [0.25, 0.3) is 11.8 Å². The van der Waals surface area contributed by atoms with Crippen molar-refractivity contribution < 1.29 is 18.8 Å². The standard InChI is InChI=1S/C25H29N5O4/c1-17-4-9-21(16-18(17)2)26-25(32)29(3)11-10-22-27-23(34-28-22)19-5-7-20(8-6-19)24(31)30-12-14-33-15-13-30/h4-9,16H,10-15H2,1-3H3,(H,26,32). The number of nitrogens with zero attached hydrogens (tertiary/aromatic N) is 4. The van der Waals surface area contributed by atoms with Gasteiger partial charge in [0.15, 0.2) is 5.82 Å². The van der Waals surface area contributed by atoms with Gasteiger partial charge < -0.3 is 24.4 Å². The average Bonchev–Trinajstić information content (AvgIpc) is 3.34. The van der Waals surface area contributed by atoms with Crippen LogP contribution in [0.3, 0.4) is 0 Å². The summed E-state index contributed by atoms with van der Waals surface area (Å²) in [5.74, 6) is 0.875. The van der Waals surface area contributed by atoms with Gasteiger partial charge in [-0.2, -0.15) is 4.98 Å². The van der Waals surface area contributed by atoms with Crippen LogP contribution in [0.1, 0.15) is 27.3 Å². The molecule has 9 nitrogen and oxygen atoms in total. The van der Waals surface area contributed by atoms with E-state index in [2.05, 4.69) is 15.5 Å². The number of hydrogen-bond acceptors (Lipinski definition) is 6. The molecule has 1 aliphatic heterocycles. The number of carbonyl (C=O) groups is 2. The summed E-state index contributed by atoms with van der Waals surface area (Å²) in [6.45, 7) is 6.82. The van der Waals surface area contributed by atoms with E-state index in [0.29, 0.717) is 56.5 Å². The predicted octanol–water partition coefficient (Wildman–Crippen LogP) is 3.53. The first-order valence-electron chi connectivity index (χ1n) is 11.3. The molecule has 1 aromatic heterocycles. The van der Waals surface area contributed by atoms with Crippen molar-refractivity contribution in [2.24, 2.45) is 0 Å². The van der Waals surface area contributed by atoms with Crippen LogP contribution in [0.5, 0.6) is 0 Å². The molecule has 4 rings (SSSR count). The number of carbonyl (C=O) groups excluding carboxylic acids is 2. The molecule has 0 atom stereocenters. The normalized spacial score (nSPS) is 13.6. The molecule has 178 valence electrons. The van der Waals surface area contributed by atoms with E-state index in [1.165, 1.54) is 5.56 Å². The molecule has 9 heteroatoms. The number of morpholine rings is 1. The maximum atomic E-state index is 12.6. The van der Waals surface area contributed by atoms with Crippen LogP contribution in [0.4, 0.5) is 10.5 Å². The zero-order valence-electron chi connectivity index (χ0n) is 19.7. The Bertz CT molecular complexity index is 1150. The third-order valence-electron chi connectivity index (χ3n) is 5.92. The minimum atomic E-state index is -0.201. The lowest BCUT2D eigenvalue weighted by atomic mass is 10.1. The van der Waals surface area contributed by atoms with E-state index in [1.54, 1.807) is 41.1 Å². The number of aromatic nitrogens is 2. The second-order valence-corrected chi connectivity index (χ2v) is 8.40. The van der Waals surface area contributed by atoms with Crippen LogP contribution < -0.4 is 5.32 Å². The lowest BCUT2D eigenvalue weighted by Gasteiger charge is -2.26. The van der Waals surface area contributed by atoms with E-state index < -0.39 is 0 Å². The van der Waals surface area contributed by atoms with E-state index in [1.807, 2.05) is 32.0 Å². The van der Waals surface area contributed by atoms with Crippen molar-refractivity contribution in [2.45, 2.75) is 20.3 Å². The fourth-order valence-electron chi connectivity index (χ4n) is 3.58. The highest BCUT2D eigenvalue weighted by Crippen LogP contribution is 2.19. The second kappa shape index (κ2) is 10.5. The Morgan fingerprint density at radius 1 is 1.06 bits per heavy atom. The molecule has 2 heterocycles. The van der Waals surface area contributed by atoms with Gasteiger partial charge in [-0.05, 0) is 61.4 Å². The molecule has 1 saturated heterocycles. The molecule has 0 unspecified atom stereocenters. The van der Waals surface area contributed by atoms with Crippen LogP contribution in [0.15, 0.2) is 47.0 Å². The summed E-state index contributed by atoms with van der Waals surface area (Å²) < 4.78 is 10.7. The van der Waals surface area contributed by atoms with Crippen molar-refractivity contribution in [2.75, 3.05) is 45.2 Å². The lowest BCUT2D eigenvalue weighted by Crippen LogP contribution is -2.40. The SMILES string of the molecule is Cc1ccc(NC(=O)N(C)CCc2noc(-c3ccc(C(=O)N4CCOCC4)cc3)n2)cc1C. The van der Waals surface area contributed by atoms with Gasteiger partial charge in [0.1, 0.15) is 0 Å². The third-order valence-corrected chi connectivity index (χ3v) is 5.92. The van der Waals surface area contributed by atoms with Crippen LogP contribution in [-0.4, -0.2) is 71.8 Å². The highest BCUT2D eigenvalue weighted by Gasteiger charge is 2.19. The zero-order chi connectivity index (χ0) is 24.1. The quantitative estimate of drug-likeness (QED) is 0.600. The van der Waals surface area contributed by atoms with E-state index in [4.69, 9.17) is 9.26 Å². The first-order chi connectivity index (χ1) is 16.4. The molecule has 1 N–H and O–H groups in total. The van der Waals surface area contributed by atoms with E-state index in [9.17, 15) is 9.59 Å². The molecule has 0 bridgehead atoms. The third kappa shape index (κ3) is 5.60. The molecule has 3 aromatic rings. The van der Waals surface area contributed by atoms with E-state index >= 15 is 0 Å². The van der Waals surface area contributed by atoms with Gasteiger partial charge in [-0.15, -0.1) is 0 Å². The summed E-state index contributed by atoms with van der Waals surface area (Å²) in [4.78, 5) is 32.9. The minimum Gasteiger partial charge on any atom is -0.378 e. The molecule has 0 aliphatic carbocycles. The van der Waals surface area contributed by atoms with Crippen LogP contribution >= 0.6 is 0 Å². The van der Waals surface area contributed by atoms with Crippen molar-refractivity contribution in [3.63, 3.8) is 0 Å². The van der Waals surface area contributed by atoms with Gasteiger partial charge in [0, 0.05) is 49.9 Å². The van der Waals surface area contributed by atoms with Crippen LogP contribution in [0.2, 0.25) is 0 Å². The Balaban J connectivity index is 1.31. The largest absolute Gasteiger partial charge is 0.378 e. The van der Waals surface area contributed by atoms with Crippen LogP contribution in [0.25, 0.3) is 11.5 Å². The number of amides is 3. The monoisotopic (exact) mass is 463 g/mol. The van der Waals surface area contributed by atoms with Crippen molar-refractivity contribution in [1.82, 2.24) is 19.9 Å². The fourth-order valence-corrected chi connectivity index (χ4v) is 3.58. The smallest absolute Gasteiger partial charge is 0.321 e. The predicted molar refractivity (Wildman–Crippen MR) is 128 cm³/mol. The van der Waals surface area contributed by atoms with Crippen LogP contribution in [0, 0.1) is 13.8 Å². The molecule has 0 radical (unpaired) electrons. The first-order valence-corrected chi connectivity index (χ1v) is 11.3. The Kier molecular flexibility index (Phi) is 7.22. The summed E-state index contributed by atoms with van der Waals surface area (Å²) in [6, 6.07) is 12.8. The number of urea groups is 1. The number of likely N-dealkylation sites (N-methyl/N-ethyl adjacent to an activating group) is 1. The molecule has 1 fully saturated rings. The van der Waals surface area contributed by atoms with Crippen LogP contribution in [-0.2, 0) is 11.2 Å². The topological polar surface area (TPSA) is 101 Å². The van der Waals surface area contributed by atoms with E-state index in [-0.39, 0.29) is 11.9 Å². The molecular weight excluding hydrogens is 434 g/mol. The number of aryl methyl sites for hydroxylation is 2. The Hall–Kier alpha value is -3.72.